The number of pyridine rings is 1. The van der Waals surface area contributed by atoms with Gasteiger partial charge in [0, 0.05) is 30.6 Å². The molecule has 38 heavy (non-hydrogen) atoms. The lowest BCUT2D eigenvalue weighted by atomic mass is 9.81. The molecule has 2 fully saturated rings. The topological polar surface area (TPSA) is 47.3 Å². The molecule has 0 spiro atoms. The Hall–Kier alpha value is -3.65. The van der Waals surface area contributed by atoms with E-state index in [0.717, 1.165) is 72.6 Å². The number of hydrogen-bond donors (Lipinski definition) is 0. The van der Waals surface area contributed by atoms with Crippen molar-refractivity contribution in [3.63, 3.8) is 0 Å². The van der Waals surface area contributed by atoms with Crippen molar-refractivity contribution in [2.45, 2.75) is 31.3 Å². The number of fused-ring (bicyclic) bond motifs is 2. The molecule has 0 bridgehead atoms. The third kappa shape index (κ3) is 3.73. The smallest absolute Gasteiger partial charge is 0.225 e. The molecule has 1 saturated carbocycles. The Morgan fingerprint density at radius 3 is 2.61 bits per heavy atom. The van der Waals surface area contributed by atoms with Crippen LogP contribution in [0.1, 0.15) is 25.7 Å². The molecule has 1 unspecified atom stereocenters. The molecule has 0 amide bonds. The molecule has 1 atom stereocenters. The minimum Gasteiger partial charge on any atom is -0.305 e. The number of likely N-dealkylation sites (N-methyl/N-ethyl adjacent to an activating group) is 1. The summed E-state index contributed by atoms with van der Waals surface area (Å²) in [5.41, 5.74) is 5.25. The van der Waals surface area contributed by atoms with Crippen molar-refractivity contribution in [3.05, 3.63) is 85.0 Å². The van der Waals surface area contributed by atoms with Crippen LogP contribution in [-0.4, -0.2) is 70.8 Å². The van der Waals surface area contributed by atoms with Gasteiger partial charge in [-0.2, -0.15) is 5.01 Å². The number of aliphatic imine (C=N–C) groups is 2. The quantitative estimate of drug-likeness (QED) is 0.437. The summed E-state index contributed by atoms with van der Waals surface area (Å²) in [7, 11) is 2.24. The van der Waals surface area contributed by atoms with Crippen molar-refractivity contribution >= 4 is 29.1 Å². The summed E-state index contributed by atoms with van der Waals surface area (Å²) in [6.45, 7) is 4.39. The highest BCUT2D eigenvalue weighted by Crippen LogP contribution is 2.49. The molecule has 3 aliphatic heterocycles. The number of allylic oxidation sites excluding steroid dienone is 1. The van der Waals surface area contributed by atoms with Crippen molar-refractivity contribution in [2.75, 3.05) is 38.2 Å². The highest BCUT2D eigenvalue weighted by molar-refractivity contribution is 5.86. The molecule has 4 aliphatic rings. The van der Waals surface area contributed by atoms with Gasteiger partial charge in [-0.1, -0.05) is 42.5 Å². The van der Waals surface area contributed by atoms with E-state index in [1.54, 1.807) is 0 Å². The van der Waals surface area contributed by atoms with E-state index in [4.69, 9.17) is 4.98 Å². The van der Waals surface area contributed by atoms with Crippen LogP contribution in [0.25, 0.3) is 22.2 Å². The first-order chi connectivity index (χ1) is 18.7. The van der Waals surface area contributed by atoms with Crippen LogP contribution in [0.5, 0.6) is 0 Å². The second-order valence-corrected chi connectivity index (χ2v) is 10.9. The molecule has 2 aromatic carbocycles. The van der Waals surface area contributed by atoms with Gasteiger partial charge in [0.2, 0.25) is 12.0 Å². The van der Waals surface area contributed by atoms with Gasteiger partial charge in [-0.3, -0.25) is 9.89 Å². The molecule has 7 heteroatoms. The van der Waals surface area contributed by atoms with E-state index >= 15 is 0 Å². The third-order valence-corrected chi connectivity index (χ3v) is 8.63. The van der Waals surface area contributed by atoms with E-state index < -0.39 is 0 Å². The molecule has 7 nitrogen and oxygen atoms in total. The fourth-order valence-electron chi connectivity index (χ4n) is 6.48. The third-order valence-electron chi connectivity index (χ3n) is 8.63. The lowest BCUT2D eigenvalue weighted by Gasteiger charge is -2.59. The molecule has 0 N–H and O–H groups in total. The predicted octanol–water partition coefficient (Wildman–Crippen LogP) is 5.40. The Morgan fingerprint density at radius 1 is 0.895 bits per heavy atom. The highest BCUT2D eigenvalue weighted by Gasteiger charge is 2.58. The van der Waals surface area contributed by atoms with Gasteiger partial charge >= 0.3 is 0 Å². The lowest BCUT2D eigenvalue weighted by molar-refractivity contribution is -0.754. The van der Waals surface area contributed by atoms with E-state index in [9.17, 15) is 0 Å². The average molecular weight is 505 g/mol. The summed E-state index contributed by atoms with van der Waals surface area (Å²) < 4.78 is 0.430. The van der Waals surface area contributed by atoms with Gasteiger partial charge < -0.3 is 4.90 Å². The maximum Gasteiger partial charge on any atom is 0.225 e. The normalized spacial score (nSPS) is 24.6. The summed E-state index contributed by atoms with van der Waals surface area (Å²) in [6.07, 6.45) is 14.7. The van der Waals surface area contributed by atoms with Crippen LogP contribution in [-0.2, 0) is 0 Å². The van der Waals surface area contributed by atoms with Crippen LogP contribution in [0.2, 0.25) is 0 Å². The van der Waals surface area contributed by atoms with Crippen molar-refractivity contribution in [3.8, 4) is 11.3 Å². The van der Waals surface area contributed by atoms with E-state index in [-0.39, 0.29) is 5.66 Å². The van der Waals surface area contributed by atoms with E-state index in [0.29, 0.717) is 4.59 Å². The minimum absolute atomic E-state index is 0.110. The first kappa shape index (κ1) is 23.5. The van der Waals surface area contributed by atoms with Crippen molar-refractivity contribution in [1.82, 2.24) is 14.8 Å². The zero-order chi connectivity index (χ0) is 25.6. The van der Waals surface area contributed by atoms with Crippen LogP contribution < -0.4 is 5.01 Å². The van der Waals surface area contributed by atoms with Crippen molar-refractivity contribution in [2.24, 2.45) is 9.98 Å². The first-order valence-electron chi connectivity index (χ1n) is 13.7. The summed E-state index contributed by atoms with van der Waals surface area (Å²) >= 11 is 0. The number of rotatable bonds is 5. The van der Waals surface area contributed by atoms with Crippen LogP contribution in [0, 0.1) is 0 Å². The van der Waals surface area contributed by atoms with Crippen molar-refractivity contribution in [1.29, 1.82) is 0 Å². The Kier molecular flexibility index (Phi) is 5.73. The Labute approximate surface area is 224 Å². The number of quaternary nitrogens is 1. The van der Waals surface area contributed by atoms with E-state index in [1.165, 1.54) is 12.8 Å². The van der Waals surface area contributed by atoms with Gasteiger partial charge in [-0.05, 0) is 57.5 Å². The fourth-order valence-corrected chi connectivity index (χ4v) is 6.48. The fraction of sp³-hybridized carbons (Fsp3) is 0.323. The second-order valence-electron chi connectivity index (χ2n) is 10.9. The number of benzene rings is 2. The number of nitrogens with zero attached hydrogens (tertiary/aromatic N) is 7. The highest BCUT2D eigenvalue weighted by atomic mass is 15.8. The average Bonchev–Trinajstić information content (AvgIpc) is 3.25. The standard InChI is InChI=1S/C31H34N7/c1-35-16-6-17-36(19-18-35)31(13-5-14-31)37(38-20-15-32-22-28(38)23-33-24-38)27-11-9-26-10-12-29(34-30(26)21-27)25-7-3-2-4-8-25/h2-4,7-12,15,20-24H,5-6,13-14,16-19H2,1H3/q+1. The van der Waals surface area contributed by atoms with Gasteiger partial charge in [0.25, 0.3) is 0 Å². The van der Waals surface area contributed by atoms with Gasteiger partial charge in [-0.25, -0.2) is 9.98 Å². The Morgan fingerprint density at radius 2 is 1.76 bits per heavy atom. The molecule has 192 valence electrons. The maximum absolute atomic E-state index is 5.13. The summed E-state index contributed by atoms with van der Waals surface area (Å²) in [6, 6.07) is 21.5. The summed E-state index contributed by atoms with van der Waals surface area (Å²) in [5, 5.41) is 3.75. The summed E-state index contributed by atoms with van der Waals surface area (Å²) in [5.74, 6) is 0. The molecule has 1 aromatic heterocycles. The molecule has 1 saturated heterocycles. The molecule has 4 heterocycles. The van der Waals surface area contributed by atoms with Crippen LogP contribution in [0.15, 0.2) is 94.9 Å². The molecular weight excluding hydrogens is 470 g/mol. The number of anilines is 1. The van der Waals surface area contributed by atoms with Crippen molar-refractivity contribution < 1.29 is 4.59 Å². The Balaban J connectivity index is 1.39. The maximum atomic E-state index is 5.13. The monoisotopic (exact) mass is 504 g/mol. The van der Waals surface area contributed by atoms with E-state index in [2.05, 4.69) is 99.0 Å². The minimum atomic E-state index is -0.110. The molecular formula is C31H34N7+. The van der Waals surface area contributed by atoms with E-state index in [1.807, 2.05) is 24.7 Å². The molecule has 0 radical (unpaired) electrons. The van der Waals surface area contributed by atoms with Gasteiger partial charge in [0.1, 0.15) is 5.66 Å². The van der Waals surface area contributed by atoms with Gasteiger partial charge in [0.15, 0.2) is 6.20 Å². The van der Waals surface area contributed by atoms with Crippen LogP contribution in [0.3, 0.4) is 0 Å². The number of aromatic nitrogens is 1. The SMILES string of the molecule is CN1CCCN(C2(N(c3ccc4ccc(-c5ccccc5)nc4c3)[N+]34C=CN=CC3=CN=C4)CCC2)CC1. The molecule has 3 aromatic rings. The zero-order valence-corrected chi connectivity index (χ0v) is 21.9. The molecule has 1 aliphatic carbocycles. The van der Waals surface area contributed by atoms with Crippen LogP contribution >= 0.6 is 0 Å². The molecule has 7 rings (SSSR count). The Bertz CT molecular complexity index is 1470. The number of hydrogen-bond acceptors (Lipinski definition) is 6. The lowest BCUT2D eigenvalue weighted by Crippen LogP contribution is -2.74. The van der Waals surface area contributed by atoms with Gasteiger partial charge in [0.05, 0.1) is 35.5 Å². The predicted molar refractivity (Wildman–Crippen MR) is 154 cm³/mol. The summed E-state index contributed by atoms with van der Waals surface area (Å²) in [4.78, 5) is 19.5. The largest absolute Gasteiger partial charge is 0.305 e. The zero-order valence-electron chi connectivity index (χ0n) is 21.9. The second kappa shape index (κ2) is 9.27. The van der Waals surface area contributed by atoms with Crippen LogP contribution in [0.4, 0.5) is 5.69 Å². The van der Waals surface area contributed by atoms with Gasteiger partial charge in [-0.15, -0.1) is 4.59 Å². The first-order valence-corrected chi connectivity index (χ1v) is 13.7.